The van der Waals surface area contributed by atoms with Crippen molar-refractivity contribution in [3.63, 3.8) is 0 Å². The zero-order valence-corrected chi connectivity index (χ0v) is 16.8. The van der Waals surface area contributed by atoms with Crippen molar-refractivity contribution in [3.8, 4) is 22.1 Å². The SMILES string of the molecule is CCCOc1c(/C=N/NC(=O)c2cc(-c3cccs3)[nH]c(=O)n2)cccc1OC. The van der Waals surface area contributed by atoms with Crippen molar-refractivity contribution in [2.75, 3.05) is 13.7 Å². The van der Waals surface area contributed by atoms with E-state index in [4.69, 9.17) is 9.47 Å². The molecule has 0 spiro atoms. The molecule has 0 saturated heterocycles. The van der Waals surface area contributed by atoms with Crippen molar-refractivity contribution in [2.45, 2.75) is 13.3 Å². The Kier molecular flexibility index (Phi) is 6.75. The summed E-state index contributed by atoms with van der Waals surface area (Å²) in [6.45, 7) is 2.53. The van der Waals surface area contributed by atoms with E-state index < -0.39 is 11.6 Å². The summed E-state index contributed by atoms with van der Waals surface area (Å²) in [6, 6.07) is 10.6. The van der Waals surface area contributed by atoms with Crippen molar-refractivity contribution >= 4 is 23.5 Å². The van der Waals surface area contributed by atoms with Gasteiger partial charge in [-0.15, -0.1) is 11.3 Å². The molecule has 9 heteroatoms. The van der Waals surface area contributed by atoms with Gasteiger partial charge in [0.2, 0.25) is 0 Å². The van der Waals surface area contributed by atoms with E-state index in [-0.39, 0.29) is 5.69 Å². The second-order valence-corrected chi connectivity index (χ2v) is 6.84. The van der Waals surface area contributed by atoms with E-state index >= 15 is 0 Å². The van der Waals surface area contributed by atoms with Crippen LogP contribution in [-0.4, -0.2) is 35.8 Å². The molecule has 2 heterocycles. The van der Waals surface area contributed by atoms with Crippen molar-refractivity contribution in [1.29, 1.82) is 0 Å². The Morgan fingerprint density at radius 2 is 2.21 bits per heavy atom. The molecule has 0 saturated carbocycles. The number of amides is 1. The van der Waals surface area contributed by atoms with Crippen molar-refractivity contribution in [2.24, 2.45) is 5.10 Å². The molecule has 0 aliphatic carbocycles. The van der Waals surface area contributed by atoms with E-state index in [0.717, 1.165) is 11.3 Å². The summed E-state index contributed by atoms with van der Waals surface area (Å²) in [5.41, 5.74) is 2.94. The van der Waals surface area contributed by atoms with Crippen LogP contribution < -0.4 is 20.6 Å². The van der Waals surface area contributed by atoms with Crippen LogP contribution in [0, 0.1) is 0 Å². The second-order valence-electron chi connectivity index (χ2n) is 5.89. The number of hydrogen-bond acceptors (Lipinski definition) is 7. The van der Waals surface area contributed by atoms with Gasteiger partial charge in [0.05, 0.1) is 30.5 Å². The minimum absolute atomic E-state index is 0.0256. The Hall–Kier alpha value is -3.46. The lowest BCUT2D eigenvalue weighted by Crippen LogP contribution is -2.24. The topological polar surface area (TPSA) is 106 Å². The lowest BCUT2D eigenvalue weighted by atomic mass is 10.2. The molecule has 0 aliphatic heterocycles. The van der Waals surface area contributed by atoms with E-state index in [1.807, 2.05) is 24.4 Å². The molecule has 0 aliphatic rings. The Bertz CT molecular complexity index is 1060. The maximum Gasteiger partial charge on any atom is 0.346 e. The van der Waals surface area contributed by atoms with Gasteiger partial charge < -0.3 is 14.5 Å². The molecule has 1 amide bonds. The number of nitrogens with one attached hydrogen (secondary N) is 2. The molecule has 1 aromatic carbocycles. The monoisotopic (exact) mass is 412 g/mol. The molecule has 150 valence electrons. The Morgan fingerprint density at radius 1 is 1.34 bits per heavy atom. The third-order valence-corrected chi connectivity index (χ3v) is 4.72. The van der Waals surface area contributed by atoms with Crippen LogP contribution in [-0.2, 0) is 0 Å². The maximum absolute atomic E-state index is 12.4. The fourth-order valence-corrected chi connectivity index (χ4v) is 3.21. The number of benzene rings is 1. The number of H-pyrrole nitrogens is 1. The quantitative estimate of drug-likeness (QED) is 0.437. The Balaban J connectivity index is 1.78. The molecule has 29 heavy (non-hydrogen) atoms. The summed E-state index contributed by atoms with van der Waals surface area (Å²) in [5, 5.41) is 5.85. The third kappa shape index (κ3) is 5.08. The molecule has 0 bridgehead atoms. The lowest BCUT2D eigenvalue weighted by Gasteiger charge is -2.12. The van der Waals surface area contributed by atoms with Gasteiger partial charge in [-0.2, -0.15) is 10.1 Å². The van der Waals surface area contributed by atoms with E-state index in [1.54, 1.807) is 25.3 Å². The van der Waals surface area contributed by atoms with Crippen molar-refractivity contribution < 1.29 is 14.3 Å². The molecule has 0 fully saturated rings. The van der Waals surface area contributed by atoms with E-state index in [9.17, 15) is 9.59 Å². The predicted molar refractivity (Wildman–Crippen MR) is 112 cm³/mol. The average molecular weight is 412 g/mol. The molecular formula is C20H20N4O4S. The Morgan fingerprint density at radius 3 is 2.93 bits per heavy atom. The highest BCUT2D eigenvalue weighted by Crippen LogP contribution is 2.30. The number of aromatic nitrogens is 2. The van der Waals surface area contributed by atoms with Gasteiger partial charge in [0.25, 0.3) is 5.91 Å². The Labute approximate surface area is 171 Å². The van der Waals surface area contributed by atoms with Gasteiger partial charge in [-0.3, -0.25) is 4.79 Å². The van der Waals surface area contributed by atoms with E-state index in [0.29, 0.717) is 29.4 Å². The van der Waals surface area contributed by atoms with Crippen molar-refractivity contribution in [3.05, 3.63) is 63.5 Å². The molecule has 8 nitrogen and oxygen atoms in total. The summed E-state index contributed by atoms with van der Waals surface area (Å²) < 4.78 is 11.1. The standard InChI is InChI=1S/C20H20N4O4S/c1-3-9-28-18-13(6-4-7-16(18)27-2)12-21-24-19(25)15-11-14(22-20(26)23-15)17-8-5-10-29-17/h4-8,10-12H,3,9H2,1-2H3,(H,24,25)(H,22,23,26)/b21-12+. The molecular weight excluding hydrogens is 392 g/mol. The molecule has 3 rings (SSSR count). The largest absolute Gasteiger partial charge is 0.493 e. The number of aromatic amines is 1. The molecule has 2 aromatic heterocycles. The number of methoxy groups -OCH3 is 1. The van der Waals surface area contributed by atoms with Gasteiger partial charge in [0.1, 0.15) is 5.69 Å². The average Bonchev–Trinajstić information content (AvgIpc) is 3.27. The highest BCUT2D eigenvalue weighted by atomic mass is 32.1. The van der Waals surface area contributed by atoms with Gasteiger partial charge in [0, 0.05) is 5.56 Å². The number of para-hydroxylation sites is 1. The second kappa shape index (κ2) is 9.65. The number of rotatable bonds is 8. The highest BCUT2D eigenvalue weighted by Gasteiger charge is 2.12. The van der Waals surface area contributed by atoms with Crippen LogP contribution in [0.5, 0.6) is 11.5 Å². The van der Waals surface area contributed by atoms with Crippen LogP contribution in [0.25, 0.3) is 10.6 Å². The summed E-state index contributed by atoms with van der Waals surface area (Å²) >= 11 is 1.45. The number of carbonyl (C=O) groups is 1. The van der Waals surface area contributed by atoms with E-state index in [1.165, 1.54) is 23.6 Å². The van der Waals surface area contributed by atoms with Gasteiger partial charge >= 0.3 is 5.69 Å². The van der Waals surface area contributed by atoms with Gasteiger partial charge in [-0.1, -0.05) is 19.1 Å². The number of thiophene rings is 1. The smallest absolute Gasteiger partial charge is 0.346 e. The number of ether oxygens (including phenoxy) is 2. The molecule has 0 unspecified atom stereocenters. The summed E-state index contributed by atoms with van der Waals surface area (Å²) in [7, 11) is 1.56. The first-order valence-electron chi connectivity index (χ1n) is 8.90. The number of carbonyl (C=O) groups excluding carboxylic acids is 1. The molecule has 2 N–H and O–H groups in total. The van der Waals surface area contributed by atoms with Gasteiger partial charge in [-0.05, 0) is 36.1 Å². The van der Waals surface area contributed by atoms with Crippen molar-refractivity contribution in [1.82, 2.24) is 15.4 Å². The molecule has 0 radical (unpaired) electrons. The van der Waals surface area contributed by atoms with Crippen LogP contribution in [0.2, 0.25) is 0 Å². The molecule has 3 aromatic rings. The predicted octanol–water partition coefficient (Wildman–Crippen LogP) is 3.06. The number of hydrazone groups is 1. The number of nitrogens with zero attached hydrogens (tertiary/aromatic N) is 2. The van der Waals surface area contributed by atoms with Gasteiger partial charge in [-0.25, -0.2) is 10.2 Å². The minimum atomic E-state index is -0.604. The third-order valence-electron chi connectivity index (χ3n) is 3.81. The number of hydrogen-bond donors (Lipinski definition) is 2. The van der Waals surface area contributed by atoms with Crippen LogP contribution in [0.1, 0.15) is 29.4 Å². The van der Waals surface area contributed by atoms with Crippen LogP contribution in [0.4, 0.5) is 0 Å². The summed E-state index contributed by atoms with van der Waals surface area (Å²) in [5.74, 6) is 0.527. The van der Waals surface area contributed by atoms with Crippen LogP contribution >= 0.6 is 11.3 Å². The fourth-order valence-electron chi connectivity index (χ4n) is 2.51. The van der Waals surface area contributed by atoms with Crippen LogP contribution in [0.3, 0.4) is 0 Å². The maximum atomic E-state index is 12.4. The van der Waals surface area contributed by atoms with E-state index in [2.05, 4.69) is 20.5 Å². The summed E-state index contributed by atoms with van der Waals surface area (Å²) in [6.07, 6.45) is 2.30. The van der Waals surface area contributed by atoms with Gasteiger partial charge in [0.15, 0.2) is 11.5 Å². The minimum Gasteiger partial charge on any atom is -0.493 e. The first kappa shape index (κ1) is 20.3. The first-order chi connectivity index (χ1) is 14.1. The first-order valence-corrected chi connectivity index (χ1v) is 9.78. The lowest BCUT2D eigenvalue weighted by molar-refractivity contribution is 0.0949. The van der Waals surface area contributed by atoms with Crippen LogP contribution in [0.15, 0.2) is 51.7 Å². The normalized spacial score (nSPS) is 10.8. The zero-order valence-electron chi connectivity index (χ0n) is 16.0. The molecule has 0 atom stereocenters. The summed E-state index contributed by atoms with van der Waals surface area (Å²) in [4.78, 5) is 31.4. The highest BCUT2D eigenvalue weighted by molar-refractivity contribution is 7.13. The zero-order chi connectivity index (χ0) is 20.6. The fraction of sp³-hybridized carbons (Fsp3) is 0.200.